The average molecular weight is 1130 g/mol. The van der Waals surface area contributed by atoms with Gasteiger partial charge in [-0.1, -0.05) is 101 Å². The van der Waals surface area contributed by atoms with E-state index >= 15 is 0 Å². The standard InChI is InChI=1S/C58H86N2O20/c1-14-16-18-26-38-57(8,9)52(79-55-44(66)49(73-12)48(34(7)75-55)78-56-50(74-13)43(65)47(72-11)33(6)76-56)51(67)58(70,80-38)35(15-2)53(68)59-28-22-21-24-31(4)45(71-10)32(5)46-42(64)41(63)37(77-46)25-20-17-19-23-30(3)40(62)39-36(61)27-29-60-54(39)69/h14,16-27,29,32-35,37-38,41-52,55-56,63-67,70H,15,28H2,1-13H3,(H,59,68)(H2,60,61,69)/b16-14+,19-17+,22-21+,25-20+,26-18+,30-23-,31-24-/t32-,33-,34-,35-,37+,38+,41?,42?,43+,44-,45-,46+,47-,48-,49+,50+,51-,52+,55+,56?,58-/m1/s1. The normalized spacial score (nSPS) is 36.6. The molecule has 22 nitrogen and oxygen atoms in total. The number of aliphatic hydroxyl groups is 6. The van der Waals surface area contributed by atoms with Crippen molar-refractivity contribution in [3.05, 3.63) is 112 Å². The maximum atomic E-state index is 14.1. The Morgan fingerprint density at radius 3 is 2.08 bits per heavy atom. The fourth-order valence-electron chi connectivity index (χ4n) is 10.9. The van der Waals surface area contributed by atoms with Crippen molar-refractivity contribution < 1.29 is 92.7 Å². The summed E-state index contributed by atoms with van der Waals surface area (Å²) in [7, 11) is 5.74. The molecule has 5 rings (SSSR count). The number of hydrogen-bond acceptors (Lipinski definition) is 20. The number of allylic oxidation sites excluding steroid dienone is 10. The van der Waals surface area contributed by atoms with E-state index in [-0.39, 0.29) is 24.1 Å². The monoisotopic (exact) mass is 1130 g/mol. The molecule has 21 atom stereocenters. The number of carbonyl (C=O) groups is 2. The van der Waals surface area contributed by atoms with Crippen LogP contribution in [0.3, 0.4) is 0 Å². The summed E-state index contributed by atoms with van der Waals surface area (Å²) in [6.45, 7) is 15.5. The van der Waals surface area contributed by atoms with E-state index in [0.29, 0.717) is 0 Å². The molecule has 22 heteroatoms. The van der Waals surface area contributed by atoms with Gasteiger partial charge in [-0.3, -0.25) is 14.4 Å². The maximum Gasteiger partial charge on any atom is 0.262 e. The minimum absolute atomic E-state index is 0.000757. The lowest BCUT2D eigenvalue weighted by molar-refractivity contribution is -0.399. The van der Waals surface area contributed by atoms with E-state index in [0.717, 1.165) is 5.57 Å². The van der Waals surface area contributed by atoms with Gasteiger partial charge in [0, 0.05) is 52.5 Å². The van der Waals surface area contributed by atoms with Gasteiger partial charge in [0.25, 0.3) is 5.56 Å². The van der Waals surface area contributed by atoms with Crippen LogP contribution in [-0.2, 0) is 52.2 Å². The van der Waals surface area contributed by atoms with Crippen molar-refractivity contribution in [2.45, 2.75) is 185 Å². The summed E-state index contributed by atoms with van der Waals surface area (Å²) in [6, 6.07) is 1.21. The van der Waals surface area contributed by atoms with E-state index in [1.54, 1.807) is 101 Å². The van der Waals surface area contributed by atoms with Gasteiger partial charge >= 0.3 is 0 Å². The van der Waals surface area contributed by atoms with E-state index in [2.05, 4.69) is 10.3 Å². The molecule has 0 radical (unpaired) electrons. The largest absolute Gasteiger partial charge is 0.507 e. The van der Waals surface area contributed by atoms with E-state index in [1.807, 2.05) is 20.8 Å². The second-order valence-corrected chi connectivity index (χ2v) is 21.2. The van der Waals surface area contributed by atoms with Gasteiger partial charge in [0.15, 0.2) is 18.4 Å². The number of ether oxygens (including phenoxy) is 10. The molecule has 0 saturated carbocycles. The predicted molar refractivity (Wildman–Crippen MR) is 292 cm³/mol. The average Bonchev–Trinajstić information content (AvgIpc) is 3.84. The third-order valence-electron chi connectivity index (χ3n) is 15.5. The number of aromatic amines is 1. The van der Waals surface area contributed by atoms with Crippen molar-refractivity contribution in [2.75, 3.05) is 35.0 Å². The van der Waals surface area contributed by atoms with Crippen LogP contribution in [-0.4, -0.2) is 203 Å². The van der Waals surface area contributed by atoms with Crippen LogP contribution in [0.4, 0.5) is 0 Å². The molecule has 4 fully saturated rings. The Hall–Kier alpha value is -4.57. The molecule has 0 aliphatic carbocycles. The lowest BCUT2D eigenvalue weighted by Crippen LogP contribution is -2.71. The number of Topliss-reactive ketones (excluding diaryl/α,β-unsaturated/α-hetero) is 1. The van der Waals surface area contributed by atoms with E-state index in [4.69, 9.17) is 47.4 Å². The molecule has 0 aromatic carbocycles. The van der Waals surface area contributed by atoms with Gasteiger partial charge in [-0.2, -0.15) is 0 Å². The van der Waals surface area contributed by atoms with Crippen LogP contribution in [0.5, 0.6) is 5.75 Å². The van der Waals surface area contributed by atoms with Gasteiger partial charge in [-0.05, 0) is 58.3 Å². The molecule has 1 amide bonds. The second-order valence-electron chi connectivity index (χ2n) is 21.2. The number of nitrogens with one attached hydrogen (secondary N) is 2. The first-order valence-corrected chi connectivity index (χ1v) is 27.0. The minimum atomic E-state index is -2.53. The molecule has 1 aromatic rings. The number of aromatic nitrogens is 1. The summed E-state index contributed by atoms with van der Waals surface area (Å²) < 4.78 is 60.3. The Kier molecular flexibility index (Phi) is 24.5. The van der Waals surface area contributed by atoms with Gasteiger partial charge in [-0.15, -0.1) is 0 Å². The van der Waals surface area contributed by atoms with Gasteiger partial charge in [0.1, 0.15) is 72.4 Å². The maximum absolute atomic E-state index is 14.1. The summed E-state index contributed by atoms with van der Waals surface area (Å²) >= 11 is 0. The van der Waals surface area contributed by atoms with Gasteiger partial charge in [-0.25, -0.2) is 0 Å². The van der Waals surface area contributed by atoms with E-state index in [9.17, 15) is 50.1 Å². The lowest BCUT2D eigenvalue weighted by Gasteiger charge is -2.55. The molecule has 3 unspecified atom stereocenters. The molecule has 4 aliphatic heterocycles. The van der Waals surface area contributed by atoms with Crippen molar-refractivity contribution in [1.29, 1.82) is 0 Å². The van der Waals surface area contributed by atoms with Crippen LogP contribution in [0.1, 0.15) is 79.1 Å². The molecule has 9 N–H and O–H groups in total. The first-order valence-electron chi connectivity index (χ1n) is 27.0. The summed E-state index contributed by atoms with van der Waals surface area (Å²) in [5.41, 5.74) is -1.27. The summed E-state index contributed by atoms with van der Waals surface area (Å²) in [6.07, 6.45) is 1.72. The quantitative estimate of drug-likeness (QED) is 0.0408. The molecule has 80 heavy (non-hydrogen) atoms. The third kappa shape index (κ3) is 14.8. The molecule has 0 spiro atoms. The van der Waals surface area contributed by atoms with Crippen LogP contribution in [0, 0.1) is 17.3 Å². The van der Waals surface area contributed by atoms with Crippen LogP contribution in [0.15, 0.2) is 101 Å². The van der Waals surface area contributed by atoms with E-state index < -0.39 is 156 Å². The zero-order valence-electron chi connectivity index (χ0n) is 48.0. The van der Waals surface area contributed by atoms with Crippen LogP contribution >= 0.6 is 0 Å². The summed E-state index contributed by atoms with van der Waals surface area (Å²) in [5.74, 6) is -6.04. The van der Waals surface area contributed by atoms with Crippen LogP contribution < -0.4 is 10.9 Å². The number of carbonyl (C=O) groups excluding carboxylic acids is 2. The topological polar surface area (TPSA) is 313 Å². The number of ketones is 1. The molecule has 4 aliphatic rings. The molecular formula is C58H86N2O20. The highest BCUT2D eigenvalue weighted by Gasteiger charge is 2.63. The van der Waals surface area contributed by atoms with Crippen molar-refractivity contribution >= 4 is 11.7 Å². The van der Waals surface area contributed by atoms with Gasteiger partial charge in [0.2, 0.25) is 11.7 Å². The molecule has 1 aromatic heterocycles. The number of methoxy groups -OCH3 is 4. The zero-order chi connectivity index (χ0) is 59.4. The highest BCUT2D eigenvalue weighted by molar-refractivity contribution is 6.09. The summed E-state index contributed by atoms with van der Waals surface area (Å²) in [5, 5.41) is 82.4. The molecule has 5 heterocycles. The second kappa shape index (κ2) is 29.6. The number of pyridine rings is 1. The first-order chi connectivity index (χ1) is 37.9. The van der Waals surface area contributed by atoms with Crippen molar-refractivity contribution in [3.63, 3.8) is 0 Å². The highest BCUT2D eigenvalue weighted by Crippen LogP contribution is 2.47. The Labute approximate surface area is 468 Å². The van der Waals surface area contributed by atoms with Crippen molar-refractivity contribution in [2.24, 2.45) is 17.3 Å². The fourth-order valence-corrected chi connectivity index (χ4v) is 10.9. The van der Waals surface area contributed by atoms with Crippen LogP contribution in [0.25, 0.3) is 0 Å². The summed E-state index contributed by atoms with van der Waals surface area (Å²) in [4.78, 5) is 41.3. The zero-order valence-corrected chi connectivity index (χ0v) is 48.0. The van der Waals surface area contributed by atoms with Crippen LogP contribution in [0.2, 0.25) is 0 Å². The number of amides is 1. The van der Waals surface area contributed by atoms with Gasteiger partial charge < -0.3 is 93.4 Å². The number of rotatable bonds is 24. The Morgan fingerprint density at radius 2 is 1.45 bits per heavy atom. The third-order valence-corrected chi connectivity index (χ3v) is 15.5. The minimum Gasteiger partial charge on any atom is -0.507 e. The van der Waals surface area contributed by atoms with Crippen molar-refractivity contribution in [1.82, 2.24) is 10.3 Å². The molecule has 0 bridgehead atoms. The number of H-pyrrole nitrogens is 1. The SMILES string of the molecule is C/C=C/C=C/[C@@H]1O[C@](O)([C@H](CC)C(=O)NC/C=C/C=C(/C)[C@@H](OC)[C@@H](C)[C@@H]2O[C@@H](/C=C/C=C/C=C(/C)C(=O)c3c(O)cc[nH]c3=O)C(O)C2O)[C@H](O)[C@H](O[C@@H]2O[C@H](C)[C@@H](OC3O[C@H](C)[C@@H](OC)[C@H](O)[C@@H]3OC)[C@@H](OC)[C@H]2O)C1(C)C. The predicted octanol–water partition coefficient (Wildman–Crippen LogP) is 2.74. The molecule has 4 saturated heterocycles. The Bertz CT molecular complexity index is 2470. The molecule has 448 valence electrons. The van der Waals surface area contributed by atoms with Gasteiger partial charge in [0.05, 0.1) is 42.5 Å². The number of aromatic hydroxyl groups is 1. The molecular weight excluding hydrogens is 1040 g/mol. The number of aliphatic hydroxyl groups excluding tert-OH is 5. The number of hydrogen-bond donors (Lipinski definition) is 9. The first kappa shape index (κ1) is 66.2. The fraction of sp³-hybridized carbons (Fsp3) is 0.638. The lowest BCUT2D eigenvalue weighted by atomic mass is 9.70. The Balaban J connectivity index is 1.24. The van der Waals surface area contributed by atoms with E-state index in [1.165, 1.54) is 53.7 Å². The van der Waals surface area contributed by atoms with Crippen molar-refractivity contribution in [3.8, 4) is 5.75 Å². The Morgan fingerprint density at radius 1 is 0.800 bits per heavy atom. The smallest absolute Gasteiger partial charge is 0.262 e. The highest BCUT2D eigenvalue weighted by atomic mass is 16.8.